The zero-order valence-corrected chi connectivity index (χ0v) is 14.1. The minimum absolute atomic E-state index is 0.110. The Morgan fingerprint density at radius 1 is 1.21 bits per heavy atom. The zero-order valence-electron chi connectivity index (χ0n) is 12.6. The molecule has 1 atom stereocenters. The van der Waals surface area contributed by atoms with Gasteiger partial charge in [0.05, 0.1) is 5.02 Å². The lowest BCUT2D eigenvalue weighted by molar-refractivity contribution is -0.152. The van der Waals surface area contributed by atoms with Gasteiger partial charge in [0.15, 0.2) is 6.10 Å². The number of rotatable bonds is 5. The fourth-order valence-corrected chi connectivity index (χ4v) is 2.40. The lowest BCUT2D eigenvalue weighted by Crippen LogP contribution is -2.26. The maximum absolute atomic E-state index is 12.1. The van der Waals surface area contributed by atoms with Crippen molar-refractivity contribution in [2.45, 2.75) is 19.6 Å². The molecule has 0 spiro atoms. The van der Waals surface area contributed by atoms with E-state index in [4.69, 9.17) is 32.7 Å². The average molecular weight is 366 g/mol. The normalized spacial score (nSPS) is 12.1. The number of hydrogen-bond acceptors (Lipinski definition) is 5. The summed E-state index contributed by atoms with van der Waals surface area (Å²) in [6.45, 7) is 1.69. The van der Waals surface area contributed by atoms with Gasteiger partial charge in [0.25, 0.3) is 0 Å². The fourth-order valence-electron chi connectivity index (χ4n) is 2.06. The molecule has 124 valence electrons. The molecule has 0 saturated carbocycles. The third kappa shape index (κ3) is 3.60. The molecule has 0 aliphatic rings. The molecule has 2 aromatic carbocycles. The van der Waals surface area contributed by atoms with E-state index in [0.29, 0.717) is 16.3 Å². The number of H-pyrrole nitrogens is 1. The Morgan fingerprint density at radius 2 is 2.00 bits per heavy atom. The molecular weight excluding hydrogens is 353 g/mol. The van der Waals surface area contributed by atoms with Crippen LogP contribution in [0.25, 0.3) is 11.0 Å². The number of hydrogen-bond donors (Lipinski definition) is 1. The van der Waals surface area contributed by atoms with Gasteiger partial charge in [-0.15, -0.1) is 0 Å². The number of esters is 1. The molecular formula is C16H13Cl2N3O3. The maximum Gasteiger partial charge on any atom is 0.347 e. The zero-order chi connectivity index (χ0) is 17.1. The second kappa shape index (κ2) is 7.07. The second-order valence-electron chi connectivity index (χ2n) is 5.07. The Balaban J connectivity index is 1.60. The number of carbonyl (C=O) groups is 1. The highest BCUT2D eigenvalue weighted by molar-refractivity contribution is 6.42. The number of benzene rings is 2. The summed E-state index contributed by atoms with van der Waals surface area (Å²) in [6.07, 6.45) is -0.822. The first-order chi connectivity index (χ1) is 11.5. The summed E-state index contributed by atoms with van der Waals surface area (Å²) >= 11 is 11.9. The quantitative estimate of drug-likeness (QED) is 0.696. The van der Waals surface area contributed by atoms with E-state index in [9.17, 15) is 4.79 Å². The van der Waals surface area contributed by atoms with Crippen molar-refractivity contribution >= 4 is 40.2 Å². The van der Waals surface area contributed by atoms with E-state index in [1.165, 1.54) is 0 Å². The van der Waals surface area contributed by atoms with Crippen molar-refractivity contribution in [2.75, 3.05) is 0 Å². The van der Waals surface area contributed by atoms with Crippen LogP contribution < -0.4 is 4.74 Å². The Labute approximate surface area is 147 Å². The summed E-state index contributed by atoms with van der Waals surface area (Å²) in [7, 11) is 0. The molecule has 0 aliphatic heterocycles. The van der Waals surface area contributed by atoms with Crippen LogP contribution in [0, 0.1) is 0 Å². The second-order valence-corrected chi connectivity index (χ2v) is 5.85. The first-order valence-corrected chi connectivity index (χ1v) is 7.87. The van der Waals surface area contributed by atoms with Crippen molar-refractivity contribution in [1.29, 1.82) is 0 Å². The molecule has 0 radical (unpaired) electrons. The molecule has 1 N–H and O–H groups in total. The Hall–Kier alpha value is -2.31. The number of nitrogens with zero attached hydrogens (tertiary/aromatic N) is 2. The van der Waals surface area contributed by atoms with Crippen LogP contribution in [0.5, 0.6) is 5.75 Å². The van der Waals surface area contributed by atoms with Gasteiger partial charge in [0.1, 0.15) is 28.4 Å². The Kier molecular flexibility index (Phi) is 4.87. The van der Waals surface area contributed by atoms with E-state index < -0.39 is 12.1 Å². The minimum atomic E-state index is -0.822. The number of ether oxygens (including phenoxy) is 2. The van der Waals surface area contributed by atoms with Gasteiger partial charge in [-0.2, -0.15) is 15.4 Å². The Morgan fingerprint density at radius 3 is 2.83 bits per heavy atom. The van der Waals surface area contributed by atoms with E-state index in [1.54, 1.807) is 37.3 Å². The van der Waals surface area contributed by atoms with Crippen LogP contribution in [0.4, 0.5) is 0 Å². The van der Waals surface area contributed by atoms with Gasteiger partial charge in [0.2, 0.25) is 0 Å². The molecule has 1 unspecified atom stereocenters. The van der Waals surface area contributed by atoms with E-state index >= 15 is 0 Å². The van der Waals surface area contributed by atoms with Gasteiger partial charge < -0.3 is 9.47 Å². The number of nitrogens with one attached hydrogen (secondary N) is 1. The minimum Gasteiger partial charge on any atom is -0.477 e. The van der Waals surface area contributed by atoms with Crippen LogP contribution >= 0.6 is 23.2 Å². The average Bonchev–Trinajstić information content (AvgIpc) is 3.04. The highest BCUT2D eigenvalue weighted by atomic mass is 35.5. The predicted octanol–water partition coefficient (Wildman–Crippen LogP) is 3.78. The number of fused-ring (bicyclic) bond motifs is 1. The van der Waals surface area contributed by atoms with Crippen molar-refractivity contribution in [2.24, 2.45) is 0 Å². The molecule has 0 bridgehead atoms. The fraction of sp³-hybridized carbons (Fsp3) is 0.188. The third-order valence-electron chi connectivity index (χ3n) is 3.31. The lowest BCUT2D eigenvalue weighted by Gasteiger charge is -2.15. The molecule has 0 amide bonds. The largest absolute Gasteiger partial charge is 0.477 e. The van der Waals surface area contributed by atoms with E-state index in [1.807, 2.05) is 6.07 Å². The molecule has 0 fully saturated rings. The van der Waals surface area contributed by atoms with Crippen LogP contribution in [0.15, 0.2) is 36.4 Å². The van der Waals surface area contributed by atoms with E-state index in [0.717, 1.165) is 11.1 Å². The molecule has 3 rings (SSSR count). The summed E-state index contributed by atoms with van der Waals surface area (Å²) in [5.41, 5.74) is 2.26. The van der Waals surface area contributed by atoms with Crippen LogP contribution in [0.3, 0.4) is 0 Å². The van der Waals surface area contributed by atoms with Crippen molar-refractivity contribution in [1.82, 2.24) is 15.4 Å². The monoisotopic (exact) mass is 365 g/mol. The number of halogens is 2. The number of aromatic amines is 1. The van der Waals surface area contributed by atoms with Gasteiger partial charge in [0, 0.05) is 0 Å². The van der Waals surface area contributed by atoms with Crippen molar-refractivity contribution in [3.63, 3.8) is 0 Å². The lowest BCUT2D eigenvalue weighted by atomic mass is 10.2. The van der Waals surface area contributed by atoms with Crippen molar-refractivity contribution in [3.05, 3.63) is 52.0 Å². The van der Waals surface area contributed by atoms with Gasteiger partial charge in [-0.1, -0.05) is 35.3 Å². The van der Waals surface area contributed by atoms with E-state index in [-0.39, 0.29) is 11.6 Å². The predicted molar refractivity (Wildman–Crippen MR) is 90.2 cm³/mol. The molecule has 6 nitrogen and oxygen atoms in total. The third-order valence-corrected chi connectivity index (χ3v) is 4.12. The Bertz CT molecular complexity index is 882. The van der Waals surface area contributed by atoms with Crippen LogP contribution in [-0.4, -0.2) is 27.5 Å². The van der Waals surface area contributed by atoms with Gasteiger partial charge in [-0.25, -0.2) is 4.79 Å². The first kappa shape index (κ1) is 16.5. The van der Waals surface area contributed by atoms with Crippen LogP contribution in [-0.2, 0) is 16.1 Å². The molecule has 1 heterocycles. The SMILES string of the molecule is CC(Oc1cccc(Cl)c1Cl)C(=O)OCc1ccc2n[nH]nc2c1. The van der Waals surface area contributed by atoms with Crippen molar-refractivity contribution < 1.29 is 14.3 Å². The molecule has 1 aromatic heterocycles. The topological polar surface area (TPSA) is 77.1 Å². The highest BCUT2D eigenvalue weighted by Crippen LogP contribution is 2.32. The van der Waals surface area contributed by atoms with Gasteiger partial charge >= 0.3 is 5.97 Å². The summed E-state index contributed by atoms with van der Waals surface area (Å²) in [5, 5.41) is 11.1. The smallest absolute Gasteiger partial charge is 0.347 e. The van der Waals surface area contributed by atoms with Crippen LogP contribution in [0.2, 0.25) is 10.0 Å². The molecule has 0 aliphatic carbocycles. The van der Waals surface area contributed by atoms with E-state index in [2.05, 4.69) is 15.4 Å². The summed E-state index contributed by atoms with van der Waals surface area (Å²) in [5.74, 6) is -0.177. The summed E-state index contributed by atoms with van der Waals surface area (Å²) in [4.78, 5) is 12.1. The molecule has 8 heteroatoms. The first-order valence-electron chi connectivity index (χ1n) is 7.11. The standard InChI is InChI=1S/C16H13Cl2N3O3/c1-9(24-14-4-2-3-11(17)15(14)18)16(22)23-8-10-5-6-12-13(7-10)20-21-19-12/h2-7,9H,8H2,1H3,(H,19,20,21). The van der Waals surface area contributed by atoms with Crippen LogP contribution in [0.1, 0.15) is 12.5 Å². The van der Waals surface area contributed by atoms with Crippen molar-refractivity contribution in [3.8, 4) is 5.75 Å². The molecule has 3 aromatic rings. The van der Waals surface area contributed by atoms with Gasteiger partial charge in [-0.05, 0) is 36.8 Å². The summed E-state index contributed by atoms with van der Waals surface area (Å²) < 4.78 is 10.8. The molecule has 24 heavy (non-hydrogen) atoms. The highest BCUT2D eigenvalue weighted by Gasteiger charge is 2.18. The summed E-state index contributed by atoms with van der Waals surface area (Å²) in [6, 6.07) is 10.4. The number of aromatic nitrogens is 3. The molecule has 0 saturated heterocycles. The maximum atomic E-state index is 12.1. The van der Waals surface area contributed by atoms with Gasteiger partial charge in [-0.3, -0.25) is 0 Å². The number of carbonyl (C=O) groups excluding carboxylic acids is 1.